The molecule has 0 atom stereocenters. The van der Waals surface area contributed by atoms with E-state index in [1.807, 2.05) is 0 Å². The Balaban J connectivity index is -0.000000653. The number of hydrogen-bond acceptors (Lipinski definition) is 12. The molecule has 13 nitrogen and oxygen atoms in total. The van der Waals surface area contributed by atoms with Crippen LogP contribution in [0.25, 0.3) is 0 Å². The van der Waals surface area contributed by atoms with Gasteiger partial charge in [0.1, 0.15) is 0 Å². The lowest BCUT2D eigenvalue weighted by atomic mass is 10.1. The standard InChI is InChI=1S/C28H32ClN7O2.ClH.4H3N.4H2/c29-21-9-13-22(14-10-21)30-25(38)19-24(37)20-7-11-23(12-8-20)31-26-32-27(35-15-3-1-4-16-35)34-28(33-26)36-17-5-2-6-18-36;;;;;;;;;/h7-14H,1-6,15-19H2,(H,30,38)(H,31,32,33,34);1H;4*1H3;4*1H. The van der Waals surface area contributed by atoms with Crippen LogP contribution >= 0.6 is 24.0 Å². The average Bonchev–Trinajstić information content (AvgIpc) is 2.95. The molecule has 1 aromatic heterocycles. The molecular formula is C28H53Cl2N11O2. The lowest BCUT2D eigenvalue weighted by Gasteiger charge is -2.30. The molecule has 0 bridgehead atoms. The van der Waals surface area contributed by atoms with Crippen LogP contribution in [0.2, 0.25) is 5.02 Å². The number of benzene rings is 2. The Hall–Kier alpha value is -3.59. The number of hydrogen-bond donors (Lipinski definition) is 6. The van der Waals surface area contributed by atoms with Gasteiger partial charge < -0.3 is 45.0 Å². The van der Waals surface area contributed by atoms with Gasteiger partial charge >= 0.3 is 0 Å². The maximum Gasteiger partial charge on any atom is 0.233 e. The maximum atomic E-state index is 12.7. The largest absolute Gasteiger partial charge is 0.344 e. The van der Waals surface area contributed by atoms with E-state index in [-0.39, 0.29) is 60.8 Å². The van der Waals surface area contributed by atoms with E-state index in [1.54, 1.807) is 48.5 Å². The van der Waals surface area contributed by atoms with Gasteiger partial charge in [0, 0.05) is 53.8 Å². The number of nitrogens with one attached hydrogen (secondary N) is 2. The molecule has 0 unspecified atom stereocenters. The van der Waals surface area contributed by atoms with Crippen LogP contribution in [-0.4, -0.2) is 52.8 Å². The van der Waals surface area contributed by atoms with Crippen LogP contribution in [0.5, 0.6) is 0 Å². The Bertz CT molecular complexity index is 1250. The highest BCUT2D eigenvalue weighted by Crippen LogP contribution is 2.24. The smallest absolute Gasteiger partial charge is 0.233 e. The van der Waals surface area contributed by atoms with Crippen LogP contribution in [0, 0.1) is 0 Å². The van der Waals surface area contributed by atoms with E-state index in [0.29, 0.717) is 34.1 Å². The Kier molecular flexibility index (Phi) is 17.3. The fourth-order valence-electron chi connectivity index (χ4n) is 4.74. The van der Waals surface area contributed by atoms with Crippen LogP contribution in [0.15, 0.2) is 48.5 Å². The van der Waals surface area contributed by atoms with Crippen LogP contribution in [0.4, 0.5) is 29.2 Å². The number of anilines is 5. The first-order chi connectivity index (χ1) is 18.5. The summed E-state index contributed by atoms with van der Waals surface area (Å²) in [7, 11) is 0. The van der Waals surface area contributed by atoms with Gasteiger partial charge in [0.25, 0.3) is 0 Å². The molecule has 43 heavy (non-hydrogen) atoms. The predicted octanol–water partition coefficient (Wildman–Crippen LogP) is 7.51. The monoisotopic (exact) mass is 645 g/mol. The van der Waals surface area contributed by atoms with Crippen molar-refractivity contribution in [2.75, 3.05) is 46.6 Å². The summed E-state index contributed by atoms with van der Waals surface area (Å²) >= 11 is 5.88. The first kappa shape index (κ1) is 39.4. The summed E-state index contributed by atoms with van der Waals surface area (Å²) in [4.78, 5) is 43.7. The molecule has 3 heterocycles. The third-order valence-corrected chi connectivity index (χ3v) is 7.05. The number of halogens is 2. The highest BCUT2D eigenvalue weighted by molar-refractivity contribution is 6.30. The number of amides is 1. The number of ketones is 1. The molecule has 0 aliphatic carbocycles. The van der Waals surface area contributed by atoms with Gasteiger partial charge in [-0.1, -0.05) is 11.6 Å². The van der Waals surface area contributed by atoms with Crippen molar-refractivity contribution in [1.82, 2.24) is 39.6 Å². The summed E-state index contributed by atoms with van der Waals surface area (Å²) in [6.07, 6.45) is 6.78. The van der Waals surface area contributed by atoms with Crippen molar-refractivity contribution in [2.45, 2.75) is 44.9 Å². The van der Waals surface area contributed by atoms with Crippen molar-refractivity contribution in [3.63, 3.8) is 0 Å². The molecule has 0 saturated carbocycles. The van der Waals surface area contributed by atoms with Crippen molar-refractivity contribution in [1.29, 1.82) is 0 Å². The topological polar surface area (TPSA) is 243 Å². The molecular weight excluding hydrogens is 593 g/mol. The molecule has 0 spiro atoms. The van der Waals surface area contributed by atoms with Crippen molar-refractivity contribution in [2.24, 2.45) is 0 Å². The minimum absolute atomic E-state index is 0. The van der Waals surface area contributed by atoms with E-state index in [9.17, 15) is 9.59 Å². The Morgan fingerprint density at radius 1 is 0.698 bits per heavy atom. The second-order valence-electron chi connectivity index (χ2n) is 9.71. The van der Waals surface area contributed by atoms with Crippen molar-refractivity contribution >= 4 is 64.9 Å². The van der Waals surface area contributed by atoms with E-state index in [2.05, 4.69) is 20.4 Å². The summed E-state index contributed by atoms with van der Waals surface area (Å²) in [6.45, 7) is 3.80. The molecule has 246 valence electrons. The number of carbonyl (C=O) groups is 2. The highest BCUT2D eigenvalue weighted by atomic mass is 35.5. The van der Waals surface area contributed by atoms with Gasteiger partial charge in [0.15, 0.2) is 5.78 Å². The Morgan fingerprint density at radius 2 is 1.16 bits per heavy atom. The number of nitrogens with zero attached hydrogens (tertiary/aromatic N) is 5. The molecule has 5 rings (SSSR count). The quantitative estimate of drug-likeness (QED) is 0.103. The molecule has 2 saturated heterocycles. The van der Waals surface area contributed by atoms with Crippen LogP contribution < -0.4 is 45.0 Å². The zero-order chi connectivity index (χ0) is 26.3. The first-order valence-electron chi connectivity index (χ1n) is 13.3. The number of rotatable bonds is 8. The zero-order valence-electron chi connectivity index (χ0n) is 24.6. The van der Waals surface area contributed by atoms with E-state index >= 15 is 0 Å². The van der Waals surface area contributed by atoms with Crippen molar-refractivity contribution < 1.29 is 15.3 Å². The van der Waals surface area contributed by atoms with Crippen molar-refractivity contribution in [3.05, 3.63) is 59.1 Å². The minimum Gasteiger partial charge on any atom is -0.344 e. The fraction of sp³-hybridized carbons (Fsp3) is 0.393. The molecule has 2 aliphatic rings. The minimum atomic E-state index is -0.375. The Morgan fingerprint density at radius 3 is 1.65 bits per heavy atom. The van der Waals surface area contributed by atoms with Gasteiger partial charge in [0.2, 0.25) is 23.8 Å². The second-order valence-corrected chi connectivity index (χ2v) is 10.1. The van der Waals surface area contributed by atoms with Gasteiger partial charge in [-0.25, -0.2) is 0 Å². The highest BCUT2D eigenvalue weighted by Gasteiger charge is 2.20. The summed E-state index contributed by atoms with van der Waals surface area (Å²) in [5.41, 5.74) is 1.81. The van der Waals surface area contributed by atoms with Crippen LogP contribution in [0.1, 0.15) is 61.0 Å². The van der Waals surface area contributed by atoms with Crippen molar-refractivity contribution in [3.8, 4) is 0 Å². The molecule has 0 radical (unpaired) electrons. The van der Waals surface area contributed by atoms with E-state index in [1.165, 1.54) is 12.8 Å². The van der Waals surface area contributed by atoms with Gasteiger partial charge in [0.05, 0.1) is 6.42 Å². The molecule has 3 aromatic rings. The molecule has 1 amide bonds. The fourth-order valence-corrected chi connectivity index (χ4v) is 4.86. The van der Waals surface area contributed by atoms with Crippen LogP contribution in [-0.2, 0) is 4.79 Å². The average molecular weight is 647 g/mol. The third-order valence-electron chi connectivity index (χ3n) is 6.80. The number of carbonyl (C=O) groups excluding carboxylic acids is 2. The zero-order valence-corrected chi connectivity index (χ0v) is 26.1. The Labute approximate surface area is 270 Å². The first-order valence-corrected chi connectivity index (χ1v) is 13.6. The van der Waals surface area contributed by atoms with Gasteiger partial charge in [-0.15, -0.1) is 12.4 Å². The van der Waals surface area contributed by atoms with E-state index < -0.39 is 0 Å². The summed E-state index contributed by atoms with van der Waals surface area (Å²) in [5.74, 6) is 1.27. The van der Waals surface area contributed by atoms with Crippen LogP contribution in [0.3, 0.4) is 0 Å². The van der Waals surface area contributed by atoms with E-state index in [0.717, 1.165) is 57.5 Å². The van der Waals surface area contributed by atoms with Gasteiger partial charge in [-0.2, -0.15) is 15.0 Å². The lowest BCUT2D eigenvalue weighted by molar-refractivity contribution is -0.115. The summed E-state index contributed by atoms with van der Waals surface area (Å²) in [6, 6.07) is 13.8. The molecule has 2 aromatic carbocycles. The lowest BCUT2D eigenvalue weighted by Crippen LogP contribution is -2.34. The molecule has 2 fully saturated rings. The second kappa shape index (κ2) is 18.8. The van der Waals surface area contributed by atoms with Gasteiger partial charge in [-0.3, -0.25) is 9.59 Å². The summed E-state index contributed by atoms with van der Waals surface area (Å²) in [5, 5.41) is 6.59. The molecule has 14 N–H and O–H groups in total. The predicted molar refractivity (Wildman–Crippen MR) is 187 cm³/mol. The number of aromatic nitrogens is 3. The summed E-state index contributed by atoms with van der Waals surface area (Å²) < 4.78 is 0. The maximum absolute atomic E-state index is 12.7. The van der Waals surface area contributed by atoms with E-state index in [4.69, 9.17) is 26.6 Å². The van der Waals surface area contributed by atoms with Gasteiger partial charge in [-0.05, 0) is 87.1 Å². The third kappa shape index (κ3) is 10.9. The number of Topliss-reactive ketones (excluding diaryl/α,β-unsaturated/α-hetero) is 1. The normalized spacial score (nSPS) is 13.9. The molecule has 2 aliphatic heterocycles. The SMILES string of the molecule is Cl.N.N.N.N.O=C(CC(=O)c1ccc(Nc2nc(N3CCCCC3)nc(N3CCCCC3)n2)cc1)Nc1ccc(Cl)cc1.[HH].[HH].[HH].[HH]. The number of piperidine rings is 2. The molecule has 15 heteroatoms.